The summed E-state index contributed by atoms with van der Waals surface area (Å²) in [6.45, 7) is 3.47. The van der Waals surface area contributed by atoms with Gasteiger partial charge in [-0.05, 0) is 43.4 Å². The fraction of sp³-hybridized carbons (Fsp3) is 0.600. The molecule has 4 unspecified atom stereocenters. The Morgan fingerprint density at radius 1 is 1.37 bits per heavy atom. The second kappa shape index (κ2) is 4.76. The van der Waals surface area contributed by atoms with Gasteiger partial charge in [-0.1, -0.05) is 6.07 Å². The van der Waals surface area contributed by atoms with Crippen molar-refractivity contribution in [2.75, 3.05) is 18.0 Å². The highest BCUT2D eigenvalue weighted by Gasteiger charge is 2.42. The van der Waals surface area contributed by atoms with Gasteiger partial charge in [0.1, 0.15) is 5.82 Å². The predicted molar refractivity (Wildman–Crippen MR) is 73.4 cm³/mol. The Morgan fingerprint density at radius 2 is 2.16 bits per heavy atom. The maximum Gasteiger partial charge on any atom is 0.146 e. The first kappa shape index (κ1) is 12.9. The zero-order valence-corrected chi connectivity index (χ0v) is 11.2. The van der Waals surface area contributed by atoms with Crippen molar-refractivity contribution in [1.82, 2.24) is 0 Å². The van der Waals surface area contributed by atoms with Gasteiger partial charge in [-0.3, -0.25) is 0 Å². The number of anilines is 1. The first-order chi connectivity index (χ1) is 9.06. The Kier molecular flexibility index (Phi) is 3.23. The van der Waals surface area contributed by atoms with Gasteiger partial charge in [0.05, 0.1) is 11.8 Å². The van der Waals surface area contributed by atoms with Crippen LogP contribution in [-0.4, -0.2) is 24.3 Å². The van der Waals surface area contributed by atoms with E-state index in [-0.39, 0.29) is 18.0 Å². The van der Waals surface area contributed by atoms with Crippen molar-refractivity contribution in [3.63, 3.8) is 0 Å². The second-order valence-electron chi connectivity index (χ2n) is 5.97. The van der Waals surface area contributed by atoms with Gasteiger partial charge in [-0.2, -0.15) is 0 Å². The van der Waals surface area contributed by atoms with Crippen molar-refractivity contribution in [3.8, 4) is 0 Å². The number of aliphatic hydroxyl groups excluding tert-OH is 1. The lowest BCUT2D eigenvalue weighted by atomic mass is 10.00. The molecule has 2 aliphatic rings. The molecule has 1 saturated carbocycles. The van der Waals surface area contributed by atoms with Crippen molar-refractivity contribution in [2.45, 2.75) is 31.9 Å². The van der Waals surface area contributed by atoms with Crippen LogP contribution in [0.15, 0.2) is 18.2 Å². The largest absolute Gasteiger partial charge is 0.393 e. The summed E-state index contributed by atoms with van der Waals surface area (Å²) in [4.78, 5) is 2.07. The summed E-state index contributed by atoms with van der Waals surface area (Å²) in [5.74, 6) is 0.624. The molecule has 104 valence electrons. The van der Waals surface area contributed by atoms with Crippen molar-refractivity contribution in [2.24, 2.45) is 17.6 Å². The van der Waals surface area contributed by atoms with Crippen LogP contribution in [0.1, 0.15) is 31.4 Å². The van der Waals surface area contributed by atoms with Crippen molar-refractivity contribution in [3.05, 3.63) is 29.6 Å². The first-order valence-corrected chi connectivity index (χ1v) is 7.04. The Balaban J connectivity index is 1.80. The molecule has 3 N–H and O–H groups in total. The Hall–Kier alpha value is -1.13. The summed E-state index contributed by atoms with van der Waals surface area (Å²) in [6, 6.07) is 5.10. The zero-order chi connectivity index (χ0) is 13.6. The molecule has 1 aromatic rings. The summed E-state index contributed by atoms with van der Waals surface area (Å²) < 4.78 is 14.2. The molecule has 2 fully saturated rings. The summed E-state index contributed by atoms with van der Waals surface area (Å²) in [5.41, 5.74) is 7.23. The molecule has 1 aliphatic heterocycles. The van der Waals surface area contributed by atoms with Gasteiger partial charge in [0.2, 0.25) is 0 Å². The molecule has 1 saturated heterocycles. The van der Waals surface area contributed by atoms with Crippen molar-refractivity contribution >= 4 is 5.69 Å². The molecule has 4 atom stereocenters. The van der Waals surface area contributed by atoms with E-state index in [1.165, 1.54) is 6.07 Å². The van der Waals surface area contributed by atoms with E-state index >= 15 is 0 Å². The smallest absolute Gasteiger partial charge is 0.146 e. The van der Waals surface area contributed by atoms with Crippen LogP contribution in [0.2, 0.25) is 0 Å². The minimum Gasteiger partial charge on any atom is -0.393 e. The van der Waals surface area contributed by atoms with E-state index in [1.54, 1.807) is 0 Å². The molecular formula is C15H21FN2O. The van der Waals surface area contributed by atoms with E-state index in [4.69, 9.17) is 5.73 Å². The van der Waals surface area contributed by atoms with Crippen LogP contribution in [0.5, 0.6) is 0 Å². The monoisotopic (exact) mass is 264 g/mol. The van der Waals surface area contributed by atoms with E-state index < -0.39 is 0 Å². The van der Waals surface area contributed by atoms with E-state index in [9.17, 15) is 9.50 Å². The number of hydrogen-bond donors (Lipinski definition) is 2. The number of fused-ring (bicyclic) bond motifs is 1. The molecule has 3 rings (SSSR count). The van der Waals surface area contributed by atoms with Gasteiger partial charge in [0, 0.05) is 25.0 Å². The lowest BCUT2D eigenvalue weighted by Crippen LogP contribution is -2.25. The average Bonchev–Trinajstić information content (AvgIpc) is 2.92. The molecule has 3 nitrogen and oxygen atoms in total. The molecule has 0 aromatic heterocycles. The van der Waals surface area contributed by atoms with Gasteiger partial charge in [-0.25, -0.2) is 4.39 Å². The minimum absolute atomic E-state index is 0.150. The zero-order valence-electron chi connectivity index (χ0n) is 11.2. The van der Waals surface area contributed by atoms with Gasteiger partial charge in [0.25, 0.3) is 0 Å². The molecular weight excluding hydrogens is 243 g/mol. The van der Waals surface area contributed by atoms with Gasteiger partial charge in [0.15, 0.2) is 0 Å². The van der Waals surface area contributed by atoms with Crippen LogP contribution < -0.4 is 10.6 Å². The summed E-state index contributed by atoms with van der Waals surface area (Å²) in [7, 11) is 0. The highest BCUT2D eigenvalue weighted by atomic mass is 19.1. The molecule has 19 heavy (non-hydrogen) atoms. The van der Waals surface area contributed by atoms with Crippen LogP contribution >= 0.6 is 0 Å². The Labute approximate surface area is 113 Å². The normalized spacial score (nSPS) is 31.6. The van der Waals surface area contributed by atoms with Gasteiger partial charge >= 0.3 is 0 Å². The molecule has 1 heterocycles. The standard InChI is InChI=1S/C15H21FN2O/c1-9(17)10-2-4-14(13(16)6-10)18-7-11-3-5-15(19)12(11)8-18/h2,4,6,9,11-12,15,19H,3,5,7-8,17H2,1H3. The third kappa shape index (κ3) is 2.23. The van der Waals surface area contributed by atoms with Gasteiger partial charge < -0.3 is 15.7 Å². The lowest BCUT2D eigenvalue weighted by molar-refractivity contribution is 0.133. The van der Waals surface area contributed by atoms with Crippen molar-refractivity contribution in [1.29, 1.82) is 0 Å². The maximum absolute atomic E-state index is 14.2. The summed E-state index contributed by atoms with van der Waals surface area (Å²) in [5, 5.41) is 9.91. The molecule has 0 amide bonds. The molecule has 1 aliphatic carbocycles. The number of nitrogens with two attached hydrogens (primary N) is 1. The highest BCUT2D eigenvalue weighted by molar-refractivity contribution is 5.51. The van der Waals surface area contributed by atoms with E-state index in [2.05, 4.69) is 4.90 Å². The van der Waals surface area contributed by atoms with E-state index in [0.29, 0.717) is 17.5 Å². The number of hydrogen-bond acceptors (Lipinski definition) is 3. The predicted octanol–water partition coefficient (Wildman–Crippen LogP) is 2.05. The minimum atomic E-state index is -0.207. The third-order valence-corrected chi connectivity index (χ3v) is 4.66. The Bertz CT molecular complexity index is 477. The second-order valence-corrected chi connectivity index (χ2v) is 5.97. The molecule has 0 spiro atoms. The maximum atomic E-state index is 14.2. The van der Waals surface area contributed by atoms with E-state index in [0.717, 1.165) is 31.5 Å². The number of benzene rings is 1. The molecule has 1 aromatic carbocycles. The van der Waals surface area contributed by atoms with Crippen LogP contribution in [0.25, 0.3) is 0 Å². The van der Waals surface area contributed by atoms with Crippen LogP contribution in [-0.2, 0) is 0 Å². The van der Waals surface area contributed by atoms with Crippen LogP contribution in [0.3, 0.4) is 0 Å². The number of aliphatic hydroxyl groups is 1. The highest BCUT2D eigenvalue weighted by Crippen LogP contribution is 2.40. The first-order valence-electron chi connectivity index (χ1n) is 7.04. The lowest BCUT2D eigenvalue weighted by Gasteiger charge is -2.22. The van der Waals surface area contributed by atoms with E-state index in [1.807, 2.05) is 19.1 Å². The third-order valence-electron chi connectivity index (χ3n) is 4.66. The number of nitrogens with zero attached hydrogens (tertiary/aromatic N) is 1. The quantitative estimate of drug-likeness (QED) is 0.859. The average molecular weight is 264 g/mol. The van der Waals surface area contributed by atoms with Crippen LogP contribution in [0, 0.1) is 17.7 Å². The van der Waals surface area contributed by atoms with Gasteiger partial charge in [-0.15, -0.1) is 0 Å². The molecule has 0 bridgehead atoms. The number of halogens is 1. The Morgan fingerprint density at radius 3 is 2.79 bits per heavy atom. The summed E-state index contributed by atoms with van der Waals surface area (Å²) in [6.07, 6.45) is 1.75. The SMILES string of the molecule is CC(N)c1ccc(N2CC3CCC(O)C3C2)c(F)c1. The fourth-order valence-electron chi connectivity index (χ4n) is 3.50. The molecule has 4 heteroatoms. The van der Waals surface area contributed by atoms with Crippen LogP contribution in [0.4, 0.5) is 10.1 Å². The fourth-order valence-corrected chi connectivity index (χ4v) is 3.50. The van der Waals surface area contributed by atoms with Crippen molar-refractivity contribution < 1.29 is 9.50 Å². The molecule has 0 radical (unpaired) electrons. The number of rotatable bonds is 2. The topological polar surface area (TPSA) is 49.5 Å². The summed E-state index contributed by atoms with van der Waals surface area (Å²) >= 11 is 0.